The summed E-state index contributed by atoms with van der Waals surface area (Å²) in [5, 5.41) is 2.32. The Labute approximate surface area is 80.5 Å². The van der Waals surface area contributed by atoms with Gasteiger partial charge in [0.25, 0.3) is 0 Å². The molecule has 0 bridgehead atoms. The molecule has 0 aromatic rings. The molecule has 0 heterocycles. The zero-order valence-corrected chi connectivity index (χ0v) is 12.9. The van der Waals surface area contributed by atoms with Crippen LogP contribution in [0.2, 0.25) is 11.9 Å². The van der Waals surface area contributed by atoms with Gasteiger partial charge < -0.3 is 0 Å². The summed E-state index contributed by atoms with van der Waals surface area (Å²) >= 11 is 0.0609. The maximum absolute atomic E-state index is 2.59. The zero-order chi connectivity index (χ0) is 8.74. The van der Waals surface area contributed by atoms with Crippen molar-refractivity contribution in [2.75, 3.05) is 6.26 Å². The third-order valence-corrected chi connectivity index (χ3v) is 23.8. The summed E-state index contributed by atoms with van der Waals surface area (Å²) in [7, 11) is 0. The molecular weight excluding hydrogens is 347 g/mol. The molecule has 0 rings (SSSR count). The van der Waals surface area contributed by atoms with Gasteiger partial charge >= 0.3 is 80.9 Å². The van der Waals surface area contributed by atoms with Crippen molar-refractivity contribution in [3.8, 4) is 0 Å². The second-order valence-electron chi connectivity index (χ2n) is 2.96. The van der Waals surface area contributed by atoms with Crippen LogP contribution in [0.5, 0.6) is 0 Å². The molecule has 0 saturated heterocycles. The Morgan fingerprint density at radius 3 is 1.82 bits per heavy atom. The van der Waals surface area contributed by atoms with Gasteiger partial charge in [0.1, 0.15) is 0 Å². The third kappa shape index (κ3) is 3.97. The molecule has 0 amide bonds. The van der Waals surface area contributed by atoms with Crippen molar-refractivity contribution in [3.63, 3.8) is 0 Å². The van der Waals surface area contributed by atoms with E-state index in [2.05, 4.69) is 36.1 Å². The van der Waals surface area contributed by atoms with Crippen LogP contribution in [0.25, 0.3) is 0 Å². The van der Waals surface area contributed by atoms with Gasteiger partial charge in [-0.15, -0.1) is 0 Å². The molecule has 0 unspecified atom stereocenters. The summed E-state index contributed by atoms with van der Waals surface area (Å²) in [4.78, 5) is 0. The van der Waals surface area contributed by atoms with E-state index in [-0.39, 0.29) is 0 Å². The van der Waals surface area contributed by atoms with Gasteiger partial charge in [0.2, 0.25) is 0 Å². The summed E-state index contributed by atoms with van der Waals surface area (Å²) in [5.74, 6) is 0. The zero-order valence-electron chi connectivity index (χ0n) is 8.18. The minimum absolute atomic E-state index is 1.48. The monoisotopic (exact) mass is 368 g/mol. The molecule has 0 spiro atoms. The van der Waals surface area contributed by atoms with E-state index in [0.29, 0.717) is 0 Å². The molecule has 11 heavy (non-hydrogen) atoms. The Morgan fingerprint density at radius 1 is 1.09 bits per heavy atom. The summed E-state index contributed by atoms with van der Waals surface area (Å²) in [5.41, 5.74) is 0. The quantitative estimate of drug-likeness (QED) is 0.664. The van der Waals surface area contributed by atoms with Crippen molar-refractivity contribution in [1.29, 1.82) is 0 Å². The van der Waals surface area contributed by atoms with Crippen LogP contribution >= 0.6 is 11.8 Å². The van der Waals surface area contributed by atoms with Gasteiger partial charge in [0.15, 0.2) is 0 Å². The second-order valence-corrected chi connectivity index (χ2v) is 23.8. The van der Waals surface area contributed by atoms with Gasteiger partial charge in [-0.2, -0.15) is 0 Å². The predicted molar refractivity (Wildman–Crippen MR) is 59.9 cm³/mol. The van der Waals surface area contributed by atoms with Gasteiger partial charge in [-0.25, -0.2) is 0 Å². The number of rotatable bonds is 5. The molecule has 0 fully saturated rings. The van der Waals surface area contributed by atoms with E-state index >= 15 is 0 Å². The van der Waals surface area contributed by atoms with Crippen molar-refractivity contribution in [3.05, 3.63) is 9.04 Å². The molecule has 0 aliphatic carbocycles. The third-order valence-electron chi connectivity index (χ3n) is 2.67. The van der Waals surface area contributed by atoms with Gasteiger partial charge in [-0.3, -0.25) is 0 Å². The Hall–Kier alpha value is 1.01. The minimum atomic E-state index is -1.79. The van der Waals surface area contributed by atoms with Crippen LogP contribution in [0.3, 0.4) is 0 Å². The topological polar surface area (TPSA) is 0 Å². The number of hydrogen-bond donors (Lipinski definition) is 0. The van der Waals surface area contributed by atoms with E-state index in [1.54, 1.807) is 0 Å². The molecule has 0 nitrogen and oxygen atoms in total. The molecule has 0 aliphatic heterocycles. The standard InChI is InChI=1S/C3H5S.3C2H5.Pb/c1-3-4-2;3*1-2;/h1,3H,2H3;3*1H2,2H3;. The average Bonchev–Trinajstić information content (AvgIpc) is 2.08. The van der Waals surface area contributed by atoms with Crippen molar-refractivity contribution in [2.45, 2.75) is 32.7 Å². The van der Waals surface area contributed by atoms with Crippen molar-refractivity contribution in [2.24, 2.45) is 0 Å². The van der Waals surface area contributed by atoms with E-state index < -0.39 is 21.2 Å². The molecule has 66 valence electrons. The van der Waals surface area contributed by atoms with Crippen molar-refractivity contribution < 1.29 is 0 Å². The van der Waals surface area contributed by atoms with E-state index in [1.165, 1.54) is 11.9 Å². The number of thioether (sulfide) groups is 1. The SMILES string of the molecule is C[CH2][Pb](/[CH]=C/SC)([CH2]C)[CH2]C. The Kier molecular flexibility index (Phi) is 7.12. The molecule has 0 aliphatic rings. The Bertz CT molecular complexity index is 108. The molecule has 2 heteroatoms. The fourth-order valence-corrected chi connectivity index (χ4v) is 15.3. The van der Waals surface area contributed by atoms with Crippen LogP contribution in [-0.4, -0.2) is 27.4 Å². The van der Waals surface area contributed by atoms with Crippen LogP contribution in [0.4, 0.5) is 0 Å². The van der Waals surface area contributed by atoms with Crippen LogP contribution < -0.4 is 0 Å². The van der Waals surface area contributed by atoms with Crippen LogP contribution in [0.15, 0.2) is 9.04 Å². The fourth-order valence-electron chi connectivity index (χ4n) is 1.32. The summed E-state index contributed by atoms with van der Waals surface area (Å²) in [6.07, 6.45) is 2.15. The van der Waals surface area contributed by atoms with Gasteiger partial charge in [-0.1, -0.05) is 0 Å². The van der Waals surface area contributed by atoms with Crippen molar-refractivity contribution >= 4 is 32.9 Å². The van der Waals surface area contributed by atoms with Crippen LogP contribution in [0, 0.1) is 0 Å². The van der Waals surface area contributed by atoms with Gasteiger partial charge in [-0.05, 0) is 0 Å². The summed E-state index contributed by atoms with van der Waals surface area (Å²) in [6.45, 7) is 7.12. The molecule has 0 atom stereocenters. The van der Waals surface area contributed by atoms with Crippen LogP contribution in [-0.2, 0) is 0 Å². The molecule has 0 aromatic carbocycles. The molecular formula is C9H20PbS. The first-order valence-electron chi connectivity index (χ1n) is 4.45. The summed E-state index contributed by atoms with van der Waals surface area (Å²) < 4.78 is 7.04. The average molecular weight is 368 g/mol. The van der Waals surface area contributed by atoms with E-state index in [9.17, 15) is 0 Å². The fraction of sp³-hybridized carbons (Fsp3) is 0.778. The Morgan fingerprint density at radius 2 is 1.55 bits per heavy atom. The van der Waals surface area contributed by atoms with Crippen LogP contribution in [0.1, 0.15) is 20.8 Å². The molecule has 0 saturated carbocycles. The van der Waals surface area contributed by atoms with E-state index in [0.717, 1.165) is 0 Å². The summed E-state index contributed by atoms with van der Waals surface area (Å²) in [6, 6.07) is 0. The molecule has 0 aromatic heterocycles. The molecule has 0 radical (unpaired) electrons. The predicted octanol–water partition coefficient (Wildman–Crippen LogP) is 3.91. The molecule has 0 N–H and O–H groups in total. The maximum atomic E-state index is 2.59. The first-order valence-corrected chi connectivity index (χ1v) is 16.2. The van der Waals surface area contributed by atoms with E-state index in [4.69, 9.17) is 0 Å². The van der Waals surface area contributed by atoms with Crippen molar-refractivity contribution in [1.82, 2.24) is 0 Å². The van der Waals surface area contributed by atoms with Gasteiger partial charge in [0, 0.05) is 0 Å². The first-order chi connectivity index (χ1) is 5.24. The Balaban J connectivity index is 4.16. The second kappa shape index (κ2) is 6.52. The number of hydrogen-bond acceptors (Lipinski definition) is 1. The first kappa shape index (κ1) is 12.0. The van der Waals surface area contributed by atoms with Gasteiger partial charge in [0.05, 0.1) is 0 Å². The van der Waals surface area contributed by atoms with E-state index in [1.807, 2.05) is 11.8 Å². The normalized spacial score (nSPS) is 12.7.